The molecule has 5 rings (SSSR count). The maximum absolute atomic E-state index is 12.0. The molecule has 0 amide bonds. The number of nitrogens with zero attached hydrogens (tertiary/aromatic N) is 1. The van der Waals surface area contributed by atoms with Crippen molar-refractivity contribution in [2.45, 2.75) is 25.2 Å². The fourth-order valence-corrected chi connectivity index (χ4v) is 4.73. The Hall–Kier alpha value is -3.05. The van der Waals surface area contributed by atoms with Gasteiger partial charge in [-0.05, 0) is 73.7 Å². The predicted octanol–water partition coefficient (Wildman–Crippen LogP) is 4.01. The zero-order chi connectivity index (χ0) is 19.8. The topological polar surface area (TPSA) is 77.9 Å². The van der Waals surface area contributed by atoms with Crippen LogP contribution in [0.25, 0.3) is 21.8 Å². The molecule has 1 aliphatic rings. The molecule has 1 fully saturated rings. The van der Waals surface area contributed by atoms with Crippen LogP contribution in [-0.4, -0.2) is 34.5 Å². The quantitative estimate of drug-likeness (QED) is 0.464. The van der Waals surface area contributed by atoms with Crippen LogP contribution in [0.3, 0.4) is 0 Å². The fraction of sp³-hybridized carbons (Fsp3) is 0.292. The molecule has 148 valence electrons. The molecule has 1 aliphatic heterocycles. The summed E-state index contributed by atoms with van der Waals surface area (Å²) in [5.41, 5.74) is 11.3. The minimum Gasteiger partial charge on any atom is -0.399 e. The molecule has 0 aliphatic carbocycles. The number of para-hydroxylation sites is 1. The van der Waals surface area contributed by atoms with Gasteiger partial charge in [0.25, 0.3) is 0 Å². The SMILES string of the molecule is Nc1ccc2[nH]c(=O)cc(CCN3CCC(c4c[nH]c5ccccc45)CC3)c2c1. The van der Waals surface area contributed by atoms with E-state index >= 15 is 0 Å². The van der Waals surface area contributed by atoms with E-state index in [2.05, 4.69) is 45.3 Å². The molecule has 4 N–H and O–H groups in total. The number of piperidine rings is 1. The summed E-state index contributed by atoms with van der Waals surface area (Å²) in [5.74, 6) is 0.614. The van der Waals surface area contributed by atoms with Gasteiger partial charge in [-0.2, -0.15) is 0 Å². The third kappa shape index (κ3) is 3.54. The molecule has 0 saturated carbocycles. The van der Waals surface area contributed by atoms with Crippen molar-refractivity contribution in [2.75, 3.05) is 25.4 Å². The first kappa shape index (κ1) is 18.0. The van der Waals surface area contributed by atoms with Gasteiger partial charge in [0.2, 0.25) is 5.56 Å². The van der Waals surface area contributed by atoms with Crippen LogP contribution in [0.1, 0.15) is 29.9 Å². The number of anilines is 1. The number of nitrogen functional groups attached to an aromatic ring is 1. The largest absolute Gasteiger partial charge is 0.399 e. The first-order valence-corrected chi connectivity index (χ1v) is 10.4. The Morgan fingerprint density at radius 2 is 1.83 bits per heavy atom. The Labute approximate surface area is 169 Å². The summed E-state index contributed by atoms with van der Waals surface area (Å²) >= 11 is 0. The highest BCUT2D eigenvalue weighted by atomic mass is 16.1. The average molecular weight is 386 g/mol. The Morgan fingerprint density at radius 3 is 2.69 bits per heavy atom. The molecule has 0 radical (unpaired) electrons. The van der Waals surface area contributed by atoms with Gasteiger partial charge in [-0.1, -0.05) is 18.2 Å². The molecule has 3 heterocycles. The molecule has 0 spiro atoms. The molecule has 1 saturated heterocycles. The lowest BCUT2D eigenvalue weighted by Gasteiger charge is -2.32. The standard InChI is InChI=1S/C24H26N4O/c25-18-5-6-23-20(14-18)17(13-24(29)27-23)9-12-28-10-7-16(8-11-28)21-15-26-22-4-2-1-3-19(21)22/h1-6,13-16,26H,7-12,25H2,(H,27,29). The first-order chi connectivity index (χ1) is 14.2. The van der Waals surface area contributed by atoms with Crippen molar-refractivity contribution in [1.82, 2.24) is 14.9 Å². The van der Waals surface area contributed by atoms with Crippen molar-refractivity contribution < 1.29 is 0 Å². The average Bonchev–Trinajstić information content (AvgIpc) is 3.17. The number of aromatic nitrogens is 2. The minimum absolute atomic E-state index is 0.0460. The smallest absolute Gasteiger partial charge is 0.248 e. The highest BCUT2D eigenvalue weighted by Crippen LogP contribution is 2.33. The fourth-order valence-electron chi connectivity index (χ4n) is 4.73. The Balaban J connectivity index is 1.26. The predicted molar refractivity (Wildman–Crippen MR) is 119 cm³/mol. The van der Waals surface area contributed by atoms with Gasteiger partial charge in [-0.3, -0.25) is 4.79 Å². The molecule has 29 heavy (non-hydrogen) atoms. The number of aromatic amines is 2. The van der Waals surface area contributed by atoms with Crippen molar-refractivity contribution in [2.24, 2.45) is 0 Å². The lowest BCUT2D eigenvalue weighted by molar-refractivity contribution is 0.215. The van der Waals surface area contributed by atoms with Gasteiger partial charge in [0.15, 0.2) is 0 Å². The highest BCUT2D eigenvalue weighted by Gasteiger charge is 2.22. The van der Waals surface area contributed by atoms with Crippen LogP contribution in [-0.2, 0) is 6.42 Å². The Kier molecular flexibility index (Phi) is 4.60. The van der Waals surface area contributed by atoms with Gasteiger partial charge in [0, 0.05) is 46.3 Å². The van der Waals surface area contributed by atoms with Crippen LogP contribution >= 0.6 is 0 Å². The molecular weight excluding hydrogens is 360 g/mol. The lowest BCUT2D eigenvalue weighted by atomic mass is 9.89. The van der Waals surface area contributed by atoms with E-state index in [0.717, 1.165) is 48.2 Å². The molecule has 2 aromatic carbocycles. The van der Waals surface area contributed by atoms with E-state index in [1.54, 1.807) is 6.07 Å². The Bertz CT molecular complexity index is 1210. The number of hydrogen-bond donors (Lipinski definition) is 3. The van der Waals surface area contributed by atoms with E-state index in [-0.39, 0.29) is 5.56 Å². The molecule has 5 nitrogen and oxygen atoms in total. The lowest BCUT2D eigenvalue weighted by Crippen LogP contribution is -2.34. The Morgan fingerprint density at radius 1 is 1.00 bits per heavy atom. The van der Waals surface area contributed by atoms with Gasteiger partial charge >= 0.3 is 0 Å². The molecule has 5 heteroatoms. The van der Waals surface area contributed by atoms with E-state index in [1.807, 2.05) is 18.2 Å². The summed E-state index contributed by atoms with van der Waals surface area (Å²) in [6.45, 7) is 3.15. The van der Waals surface area contributed by atoms with Gasteiger partial charge in [0.05, 0.1) is 0 Å². The van der Waals surface area contributed by atoms with E-state index in [1.165, 1.54) is 29.3 Å². The monoisotopic (exact) mass is 386 g/mol. The second-order valence-corrected chi connectivity index (χ2v) is 8.12. The number of hydrogen-bond acceptors (Lipinski definition) is 3. The van der Waals surface area contributed by atoms with E-state index in [4.69, 9.17) is 5.73 Å². The summed E-state index contributed by atoms with van der Waals surface area (Å²) in [4.78, 5) is 20.9. The van der Waals surface area contributed by atoms with Crippen LogP contribution in [0.5, 0.6) is 0 Å². The maximum Gasteiger partial charge on any atom is 0.248 e. The summed E-state index contributed by atoms with van der Waals surface area (Å²) in [7, 11) is 0. The van der Waals surface area contributed by atoms with Crippen molar-refractivity contribution in [3.8, 4) is 0 Å². The van der Waals surface area contributed by atoms with Crippen LogP contribution in [0.2, 0.25) is 0 Å². The number of benzene rings is 2. The zero-order valence-electron chi connectivity index (χ0n) is 16.4. The molecule has 2 aromatic heterocycles. The number of likely N-dealkylation sites (tertiary alicyclic amines) is 1. The summed E-state index contributed by atoms with van der Waals surface area (Å²) in [5, 5.41) is 2.41. The molecule has 0 unspecified atom stereocenters. The van der Waals surface area contributed by atoms with Crippen LogP contribution in [0.15, 0.2) is 59.5 Å². The van der Waals surface area contributed by atoms with Gasteiger partial charge in [-0.15, -0.1) is 0 Å². The van der Waals surface area contributed by atoms with Crippen molar-refractivity contribution in [3.63, 3.8) is 0 Å². The third-order valence-electron chi connectivity index (χ3n) is 6.30. The van der Waals surface area contributed by atoms with Crippen molar-refractivity contribution in [1.29, 1.82) is 0 Å². The number of nitrogens with one attached hydrogen (secondary N) is 2. The number of H-pyrrole nitrogens is 2. The van der Waals surface area contributed by atoms with E-state index < -0.39 is 0 Å². The number of nitrogens with two attached hydrogens (primary N) is 1. The van der Waals surface area contributed by atoms with Crippen LogP contribution in [0.4, 0.5) is 5.69 Å². The number of pyridine rings is 1. The maximum atomic E-state index is 12.0. The molecule has 0 bridgehead atoms. The summed E-state index contributed by atoms with van der Waals surface area (Å²) < 4.78 is 0. The van der Waals surface area contributed by atoms with Gasteiger partial charge < -0.3 is 20.6 Å². The van der Waals surface area contributed by atoms with E-state index in [9.17, 15) is 4.79 Å². The first-order valence-electron chi connectivity index (χ1n) is 10.4. The molecule has 0 atom stereocenters. The molecular formula is C24H26N4O. The normalized spacial score (nSPS) is 16.0. The summed E-state index contributed by atoms with van der Waals surface area (Å²) in [6.07, 6.45) is 5.40. The van der Waals surface area contributed by atoms with Crippen molar-refractivity contribution in [3.05, 3.63) is 76.2 Å². The zero-order valence-corrected chi connectivity index (χ0v) is 16.4. The van der Waals surface area contributed by atoms with Crippen LogP contribution in [0, 0.1) is 0 Å². The van der Waals surface area contributed by atoms with Gasteiger partial charge in [-0.25, -0.2) is 0 Å². The minimum atomic E-state index is -0.0460. The number of fused-ring (bicyclic) bond motifs is 2. The van der Waals surface area contributed by atoms with Crippen molar-refractivity contribution >= 4 is 27.5 Å². The number of rotatable bonds is 4. The summed E-state index contributed by atoms with van der Waals surface area (Å²) in [6, 6.07) is 16.0. The van der Waals surface area contributed by atoms with E-state index in [0.29, 0.717) is 5.92 Å². The second kappa shape index (κ2) is 7.41. The molecule has 4 aromatic rings. The van der Waals surface area contributed by atoms with Gasteiger partial charge in [0.1, 0.15) is 0 Å². The second-order valence-electron chi connectivity index (χ2n) is 8.12. The van der Waals surface area contributed by atoms with Crippen LogP contribution < -0.4 is 11.3 Å². The highest BCUT2D eigenvalue weighted by molar-refractivity contribution is 5.85. The third-order valence-corrected chi connectivity index (χ3v) is 6.30.